The van der Waals surface area contributed by atoms with Crippen LogP contribution in [-0.2, 0) is 24.1 Å². The molecule has 2 rings (SSSR count). The first-order valence-corrected chi connectivity index (χ1v) is 6.71. The fourth-order valence-electron chi connectivity index (χ4n) is 1.56. The van der Waals surface area contributed by atoms with Gasteiger partial charge in [-0.1, -0.05) is 43.0 Å². The van der Waals surface area contributed by atoms with Gasteiger partial charge in [-0.3, -0.25) is 4.89 Å². The van der Waals surface area contributed by atoms with Gasteiger partial charge in [-0.2, -0.15) is 8.42 Å². The Morgan fingerprint density at radius 2 is 1.79 bits per heavy atom. The van der Waals surface area contributed by atoms with E-state index in [1.165, 1.54) is 6.07 Å². The zero-order valence-corrected chi connectivity index (χ0v) is 10.6. The van der Waals surface area contributed by atoms with Crippen molar-refractivity contribution in [2.45, 2.75) is 4.90 Å². The topological polar surface area (TPSA) is 69.7 Å². The van der Waals surface area contributed by atoms with Crippen molar-refractivity contribution in [2.24, 2.45) is 0 Å². The maximum atomic E-state index is 11.9. The second kappa shape index (κ2) is 5.21. The van der Waals surface area contributed by atoms with Gasteiger partial charge in [-0.05, 0) is 15.8 Å². The summed E-state index contributed by atoms with van der Waals surface area (Å²) in [6.07, 6.45) is 0.804. The third-order valence-electron chi connectivity index (χ3n) is 2.39. The summed E-state index contributed by atoms with van der Waals surface area (Å²) in [6.45, 7) is 3.13. The van der Waals surface area contributed by atoms with Crippen LogP contribution in [0.2, 0.25) is 0 Å². The van der Waals surface area contributed by atoms with Gasteiger partial charge >= 0.3 is 16.1 Å². The summed E-state index contributed by atoms with van der Waals surface area (Å²) in [5.74, 6) is -0.983. The normalized spacial score (nSPS) is 11.2. The molecule has 0 radical (unpaired) electrons. The first-order chi connectivity index (χ1) is 9.04. The van der Waals surface area contributed by atoms with Gasteiger partial charge in [-0.25, -0.2) is 4.79 Å². The van der Waals surface area contributed by atoms with E-state index in [9.17, 15) is 13.2 Å². The molecule has 0 saturated carbocycles. The Balaban J connectivity index is 2.43. The van der Waals surface area contributed by atoms with Crippen LogP contribution in [0.25, 0.3) is 10.8 Å². The summed E-state index contributed by atoms with van der Waals surface area (Å²) >= 11 is 0. The van der Waals surface area contributed by atoms with Crippen molar-refractivity contribution >= 4 is 26.9 Å². The molecular formula is C13H10O5S. The summed E-state index contributed by atoms with van der Waals surface area (Å²) in [6, 6.07) is 11.6. The highest BCUT2D eigenvalue weighted by Crippen LogP contribution is 2.24. The molecule has 0 unspecified atom stereocenters. The van der Waals surface area contributed by atoms with E-state index in [1.54, 1.807) is 36.4 Å². The standard InChI is InChI=1S/C13H10O5S/c1-2-13(14)17-18-19(15,16)12-9-5-7-10-6-3-4-8-11(10)12/h2-9H,1H2. The second-order valence-electron chi connectivity index (χ2n) is 3.61. The molecular weight excluding hydrogens is 268 g/mol. The van der Waals surface area contributed by atoms with Crippen molar-refractivity contribution in [3.05, 3.63) is 55.1 Å². The lowest BCUT2D eigenvalue weighted by Gasteiger charge is -2.06. The van der Waals surface area contributed by atoms with Crippen LogP contribution >= 0.6 is 0 Å². The predicted octanol–water partition coefficient (Wildman–Crippen LogP) is 2.19. The molecule has 0 amide bonds. The Morgan fingerprint density at radius 3 is 2.53 bits per heavy atom. The minimum atomic E-state index is -4.18. The molecule has 98 valence electrons. The van der Waals surface area contributed by atoms with Gasteiger partial charge in [0.2, 0.25) is 0 Å². The highest BCUT2D eigenvalue weighted by Gasteiger charge is 2.20. The van der Waals surface area contributed by atoms with Gasteiger partial charge in [0.05, 0.1) is 0 Å². The highest BCUT2D eigenvalue weighted by molar-refractivity contribution is 7.86. The number of carbonyl (C=O) groups is 1. The molecule has 0 N–H and O–H groups in total. The number of rotatable bonds is 4. The first kappa shape index (κ1) is 13.3. The Morgan fingerprint density at radius 1 is 1.11 bits per heavy atom. The third-order valence-corrected chi connectivity index (χ3v) is 3.53. The monoisotopic (exact) mass is 278 g/mol. The van der Waals surface area contributed by atoms with Crippen molar-refractivity contribution in [1.29, 1.82) is 0 Å². The molecule has 0 aliphatic heterocycles. The zero-order chi connectivity index (χ0) is 13.9. The van der Waals surface area contributed by atoms with Crippen molar-refractivity contribution in [3.63, 3.8) is 0 Å². The van der Waals surface area contributed by atoms with E-state index in [-0.39, 0.29) is 4.90 Å². The first-order valence-electron chi connectivity index (χ1n) is 5.30. The van der Waals surface area contributed by atoms with E-state index in [2.05, 4.69) is 15.8 Å². The number of hydrogen-bond acceptors (Lipinski definition) is 5. The molecule has 5 nitrogen and oxygen atoms in total. The molecule has 19 heavy (non-hydrogen) atoms. The van der Waals surface area contributed by atoms with E-state index in [4.69, 9.17) is 0 Å². The molecule has 0 spiro atoms. The minimum absolute atomic E-state index is 0.0672. The average Bonchev–Trinajstić information content (AvgIpc) is 2.44. The highest BCUT2D eigenvalue weighted by atomic mass is 32.2. The molecule has 0 aliphatic rings. The van der Waals surface area contributed by atoms with Gasteiger partial charge in [0.1, 0.15) is 4.90 Å². The number of fused-ring (bicyclic) bond motifs is 1. The zero-order valence-electron chi connectivity index (χ0n) is 9.78. The SMILES string of the molecule is C=CC(=O)OOS(=O)(=O)c1cccc2ccccc12. The summed E-state index contributed by atoms with van der Waals surface area (Å²) < 4.78 is 28.1. The van der Waals surface area contributed by atoms with Crippen LogP contribution in [0.3, 0.4) is 0 Å². The fraction of sp³-hybridized carbons (Fsp3) is 0. The maximum Gasteiger partial charge on any atom is 0.366 e. The van der Waals surface area contributed by atoms with Crippen molar-refractivity contribution < 1.29 is 22.4 Å². The van der Waals surface area contributed by atoms with Gasteiger partial charge < -0.3 is 0 Å². The van der Waals surface area contributed by atoms with E-state index >= 15 is 0 Å². The second-order valence-corrected chi connectivity index (χ2v) is 5.09. The lowest BCUT2D eigenvalue weighted by atomic mass is 10.1. The fourth-order valence-corrected chi connectivity index (χ4v) is 2.49. The van der Waals surface area contributed by atoms with Crippen LogP contribution in [-0.4, -0.2) is 14.4 Å². The van der Waals surface area contributed by atoms with E-state index in [1.807, 2.05) is 0 Å². The largest absolute Gasteiger partial charge is 0.366 e. The van der Waals surface area contributed by atoms with Gasteiger partial charge in [0.25, 0.3) is 0 Å². The molecule has 2 aromatic rings. The van der Waals surface area contributed by atoms with Crippen molar-refractivity contribution in [1.82, 2.24) is 0 Å². The maximum absolute atomic E-state index is 11.9. The molecule has 0 heterocycles. The summed E-state index contributed by atoms with van der Waals surface area (Å²) in [7, 11) is -4.18. The Hall–Kier alpha value is -2.18. The van der Waals surface area contributed by atoms with Crippen LogP contribution in [0.4, 0.5) is 0 Å². The molecule has 0 fully saturated rings. The molecule has 0 aliphatic carbocycles. The molecule has 0 aromatic heterocycles. The number of carbonyl (C=O) groups excluding carboxylic acids is 1. The lowest BCUT2D eigenvalue weighted by molar-refractivity contribution is -0.204. The Kier molecular flexibility index (Phi) is 3.64. The smallest absolute Gasteiger partial charge is 0.276 e. The minimum Gasteiger partial charge on any atom is -0.276 e. The molecule has 0 atom stereocenters. The van der Waals surface area contributed by atoms with E-state index in [0.717, 1.165) is 11.5 Å². The van der Waals surface area contributed by atoms with Crippen LogP contribution in [0, 0.1) is 0 Å². The van der Waals surface area contributed by atoms with Crippen LogP contribution in [0.5, 0.6) is 0 Å². The van der Waals surface area contributed by atoms with Gasteiger partial charge in [0.15, 0.2) is 0 Å². The van der Waals surface area contributed by atoms with Crippen molar-refractivity contribution in [3.8, 4) is 0 Å². The molecule has 0 saturated heterocycles. The summed E-state index contributed by atoms with van der Waals surface area (Å²) in [4.78, 5) is 14.9. The lowest BCUT2D eigenvalue weighted by Crippen LogP contribution is -2.10. The van der Waals surface area contributed by atoms with Gasteiger partial charge in [0, 0.05) is 11.5 Å². The Bertz CT molecular complexity index is 728. The molecule has 6 heteroatoms. The molecule has 2 aromatic carbocycles. The summed E-state index contributed by atoms with van der Waals surface area (Å²) in [5.41, 5.74) is 0. The van der Waals surface area contributed by atoms with Gasteiger partial charge in [-0.15, -0.1) is 0 Å². The van der Waals surface area contributed by atoms with Crippen LogP contribution < -0.4 is 0 Å². The van der Waals surface area contributed by atoms with E-state index < -0.39 is 16.1 Å². The van der Waals surface area contributed by atoms with Crippen LogP contribution in [0.1, 0.15) is 0 Å². The predicted molar refractivity (Wildman–Crippen MR) is 68.5 cm³/mol. The van der Waals surface area contributed by atoms with E-state index in [0.29, 0.717) is 5.39 Å². The van der Waals surface area contributed by atoms with Crippen molar-refractivity contribution in [2.75, 3.05) is 0 Å². The number of hydrogen-bond donors (Lipinski definition) is 0. The average molecular weight is 278 g/mol. The number of benzene rings is 2. The third kappa shape index (κ3) is 2.81. The molecule has 0 bridgehead atoms. The quantitative estimate of drug-likeness (QED) is 0.487. The Labute approximate surface area is 110 Å². The van der Waals surface area contributed by atoms with Crippen LogP contribution in [0.15, 0.2) is 60.0 Å². The summed E-state index contributed by atoms with van der Waals surface area (Å²) in [5, 5.41) is 1.22.